The van der Waals surface area contributed by atoms with Crippen LogP contribution in [0.3, 0.4) is 0 Å². The molecule has 0 aromatic carbocycles. The summed E-state index contributed by atoms with van der Waals surface area (Å²) in [4.78, 5) is 0. The molecule has 0 aromatic rings. The van der Waals surface area contributed by atoms with E-state index >= 15 is 0 Å². The van der Waals surface area contributed by atoms with Gasteiger partial charge in [0.25, 0.3) is 0 Å². The van der Waals surface area contributed by atoms with Gasteiger partial charge < -0.3 is 4.52 Å². The van der Waals surface area contributed by atoms with Crippen LogP contribution in [0.2, 0.25) is 0 Å². The average Bonchev–Trinajstić information content (AvgIpc) is 2.02. The van der Waals surface area contributed by atoms with Gasteiger partial charge in [-0.15, -0.1) is 0 Å². The summed E-state index contributed by atoms with van der Waals surface area (Å²) < 4.78 is 5.44. The minimum atomic E-state index is 0.511. The molecular formula is C10H20OP2. The van der Waals surface area contributed by atoms with Crippen molar-refractivity contribution in [3.8, 4) is 0 Å². The van der Waals surface area contributed by atoms with Gasteiger partial charge in [0.05, 0.1) is 6.61 Å². The third kappa shape index (κ3) is 3.66. The van der Waals surface area contributed by atoms with Gasteiger partial charge in [0.1, 0.15) is 0 Å². The highest BCUT2D eigenvalue weighted by molar-refractivity contribution is 8.00. The van der Waals surface area contributed by atoms with E-state index in [1.54, 1.807) is 5.57 Å². The zero-order valence-electron chi connectivity index (χ0n) is 8.81. The second-order valence-electron chi connectivity index (χ2n) is 4.63. The lowest BCUT2D eigenvalue weighted by Crippen LogP contribution is -2.18. The van der Waals surface area contributed by atoms with Crippen LogP contribution in [0.15, 0.2) is 11.1 Å². The Kier molecular flexibility index (Phi) is 4.36. The Hall–Kier alpha value is 0.560. The molecule has 0 bridgehead atoms. The van der Waals surface area contributed by atoms with Gasteiger partial charge in [0.2, 0.25) is 0 Å². The van der Waals surface area contributed by atoms with Crippen molar-refractivity contribution in [2.45, 2.75) is 40.0 Å². The van der Waals surface area contributed by atoms with Gasteiger partial charge >= 0.3 is 0 Å². The highest BCUT2D eigenvalue weighted by atomic mass is 32.0. The Morgan fingerprint density at radius 2 is 2.23 bits per heavy atom. The van der Waals surface area contributed by atoms with Crippen molar-refractivity contribution in [3.05, 3.63) is 11.1 Å². The summed E-state index contributed by atoms with van der Waals surface area (Å²) >= 11 is 0. The van der Waals surface area contributed by atoms with Crippen LogP contribution in [0.1, 0.15) is 40.0 Å². The molecule has 2 atom stereocenters. The third-order valence-corrected chi connectivity index (χ3v) is 3.59. The first kappa shape index (κ1) is 11.6. The third-order valence-electron chi connectivity index (χ3n) is 2.78. The Labute approximate surface area is 85.7 Å². The van der Waals surface area contributed by atoms with E-state index in [-0.39, 0.29) is 0 Å². The highest BCUT2D eigenvalue weighted by Crippen LogP contribution is 2.39. The van der Waals surface area contributed by atoms with Gasteiger partial charge in [-0.2, -0.15) is 0 Å². The van der Waals surface area contributed by atoms with Crippen LogP contribution < -0.4 is 0 Å². The fourth-order valence-corrected chi connectivity index (χ4v) is 2.47. The smallest absolute Gasteiger partial charge is 0.0723 e. The molecule has 1 rings (SSSR count). The lowest BCUT2D eigenvalue weighted by Gasteiger charge is -2.32. The van der Waals surface area contributed by atoms with Crippen molar-refractivity contribution in [2.24, 2.45) is 5.41 Å². The molecular weight excluding hydrogens is 198 g/mol. The Bertz CT molecular complexity index is 209. The molecule has 0 N–H and O–H groups in total. The quantitative estimate of drug-likeness (QED) is 0.515. The van der Waals surface area contributed by atoms with Gasteiger partial charge in [0, 0.05) is 8.50 Å². The number of hydrogen-bond donors (Lipinski definition) is 0. The summed E-state index contributed by atoms with van der Waals surface area (Å²) in [6, 6.07) is 0. The topological polar surface area (TPSA) is 9.23 Å². The molecule has 2 unspecified atom stereocenters. The minimum absolute atomic E-state index is 0.511. The van der Waals surface area contributed by atoms with Crippen LogP contribution in [0.25, 0.3) is 0 Å². The Morgan fingerprint density at radius 3 is 2.77 bits per heavy atom. The summed E-state index contributed by atoms with van der Waals surface area (Å²) in [7, 11) is 3.17. The van der Waals surface area contributed by atoms with Crippen molar-refractivity contribution in [3.63, 3.8) is 0 Å². The van der Waals surface area contributed by atoms with Crippen LogP contribution in [-0.4, -0.2) is 6.61 Å². The van der Waals surface area contributed by atoms with Crippen LogP contribution in [0.5, 0.6) is 0 Å². The summed E-state index contributed by atoms with van der Waals surface area (Å²) in [5, 5.41) is 0. The molecule has 1 aliphatic rings. The monoisotopic (exact) mass is 218 g/mol. The van der Waals surface area contributed by atoms with E-state index in [0.29, 0.717) is 13.9 Å². The van der Waals surface area contributed by atoms with Crippen molar-refractivity contribution in [2.75, 3.05) is 6.61 Å². The van der Waals surface area contributed by atoms with Gasteiger partial charge in [-0.3, -0.25) is 0 Å². The van der Waals surface area contributed by atoms with Crippen molar-refractivity contribution >= 4 is 17.4 Å². The SMILES string of the molecule is CC1=C(COPP)CCC(C)(C)C1. The lowest BCUT2D eigenvalue weighted by molar-refractivity contribution is 0.296. The van der Waals surface area contributed by atoms with Gasteiger partial charge in [-0.25, -0.2) is 0 Å². The maximum absolute atomic E-state index is 5.44. The maximum atomic E-state index is 5.44. The van der Waals surface area contributed by atoms with Crippen molar-refractivity contribution in [1.29, 1.82) is 0 Å². The zero-order chi connectivity index (χ0) is 9.90. The van der Waals surface area contributed by atoms with Crippen LogP contribution in [0, 0.1) is 5.41 Å². The highest BCUT2D eigenvalue weighted by Gasteiger charge is 2.24. The molecule has 0 fully saturated rings. The number of rotatable bonds is 3. The summed E-state index contributed by atoms with van der Waals surface area (Å²) in [5.41, 5.74) is 3.60. The lowest BCUT2D eigenvalue weighted by atomic mass is 9.75. The Morgan fingerprint density at radius 1 is 1.54 bits per heavy atom. The summed E-state index contributed by atoms with van der Waals surface area (Å²) in [5.74, 6) is 0. The second-order valence-corrected chi connectivity index (χ2v) is 5.86. The van der Waals surface area contributed by atoms with E-state index < -0.39 is 0 Å². The molecule has 13 heavy (non-hydrogen) atoms. The molecule has 3 heteroatoms. The molecule has 0 aromatic heterocycles. The van der Waals surface area contributed by atoms with Crippen LogP contribution >= 0.6 is 17.4 Å². The molecule has 1 aliphatic carbocycles. The molecule has 0 saturated heterocycles. The fourth-order valence-electron chi connectivity index (χ4n) is 1.96. The average molecular weight is 218 g/mol. The molecule has 0 heterocycles. The largest absolute Gasteiger partial charge is 0.354 e. The van der Waals surface area contributed by atoms with Gasteiger partial charge in [-0.1, -0.05) is 28.3 Å². The van der Waals surface area contributed by atoms with E-state index in [4.69, 9.17) is 4.52 Å². The van der Waals surface area contributed by atoms with E-state index in [1.165, 1.54) is 24.8 Å². The van der Waals surface area contributed by atoms with Crippen LogP contribution in [0.4, 0.5) is 0 Å². The minimum Gasteiger partial charge on any atom is -0.354 e. The number of hydrogen-bond acceptors (Lipinski definition) is 1. The maximum Gasteiger partial charge on any atom is 0.0723 e. The van der Waals surface area contributed by atoms with Gasteiger partial charge in [0.15, 0.2) is 0 Å². The van der Waals surface area contributed by atoms with E-state index in [1.807, 2.05) is 0 Å². The number of allylic oxidation sites excluding steroid dienone is 1. The van der Waals surface area contributed by atoms with Gasteiger partial charge in [-0.05, 0) is 37.2 Å². The molecule has 0 radical (unpaired) electrons. The molecule has 0 saturated carbocycles. The summed E-state index contributed by atoms with van der Waals surface area (Å²) in [6.45, 7) is 7.81. The van der Waals surface area contributed by atoms with E-state index in [2.05, 4.69) is 29.7 Å². The molecule has 0 spiro atoms. The fraction of sp³-hybridized carbons (Fsp3) is 0.800. The molecule has 0 aliphatic heterocycles. The second kappa shape index (κ2) is 4.87. The van der Waals surface area contributed by atoms with Crippen molar-refractivity contribution in [1.82, 2.24) is 0 Å². The first-order chi connectivity index (χ1) is 6.05. The van der Waals surface area contributed by atoms with Crippen LogP contribution in [-0.2, 0) is 4.52 Å². The van der Waals surface area contributed by atoms with E-state index in [9.17, 15) is 0 Å². The normalized spacial score (nSPS) is 23.1. The molecule has 1 nitrogen and oxygen atoms in total. The Balaban J connectivity index is 2.55. The van der Waals surface area contributed by atoms with E-state index in [0.717, 1.165) is 6.61 Å². The van der Waals surface area contributed by atoms with Crippen molar-refractivity contribution < 1.29 is 4.52 Å². The zero-order valence-corrected chi connectivity index (χ0v) is 11.0. The molecule has 76 valence electrons. The standard InChI is InChI=1S/C10H20OP2/c1-8-6-10(2,3)5-4-9(8)7-11-13-12/h13H,4-7,12H2,1-3H3. The first-order valence-corrected chi connectivity index (χ1v) is 7.52. The summed E-state index contributed by atoms with van der Waals surface area (Å²) in [6.07, 6.45) is 3.78. The predicted octanol–water partition coefficient (Wildman–Crippen LogP) is 3.91. The predicted molar refractivity (Wildman–Crippen MR) is 64.3 cm³/mol. The first-order valence-electron chi connectivity index (χ1n) is 4.80. The molecule has 0 amide bonds.